The number of esters is 1. The zero-order chi connectivity index (χ0) is 17.1. The SMILES string of the molecule is CCOC(=O)/C=C/c1cc2c(ccc3ccc(OC)cc32)oc1=O. The van der Waals surface area contributed by atoms with Gasteiger partial charge in [0.25, 0.3) is 0 Å². The molecular weight excluding hydrogens is 308 g/mol. The number of ether oxygens (including phenoxy) is 2. The van der Waals surface area contributed by atoms with Crippen LogP contribution in [0.1, 0.15) is 12.5 Å². The highest BCUT2D eigenvalue weighted by Gasteiger charge is 2.08. The monoisotopic (exact) mass is 324 g/mol. The Balaban J connectivity index is 2.18. The fourth-order valence-corrected chi connectivity index (χ4v) is 2.50. The minimum atomic E-state index is -0.509. The van der Waals surface area contributed by atoms with E-state index in [2.05, 4.69) is 0 Å². The first-order valence-corrected chi connectivity index (χ1v) is 7.52. The molecule has 3 rings (SSSR count). The molecule has 5 nitrogen and oxygen atoms in total. The molecule has 5 heteroatoms. The smallest absolute Gasteiger partial charge is 0.343 e. The van der Waals surface area contributed by atoms with E-state index in [1.54, 1.807) is 26.2 Å². The lowest BCUT2D eigenvalue weighted by atomic mass is 10.0. The van der Waals surface area contributed by atoms with Crippen molar-refractivity contribution in [3.63, 3.8) is 0 Å². The number of carbonyl (C=O) groups is 1. The van der Waals surface area contributed by atoms with Crippen molar-refractivity contribution in [3.8, 4) is 5.75 Å². The Hall–Kier alpha value is -3.08. The normalized spacial score (nSPS) is 11.2. The van der Waals surface area contributed by atoms with E-state index < -0.39 is 11.6 Å². The fraction of sp³-hybridized carbons (Fsp3) is 0.158. The lowest BCUT2D eigenvalue weighted by Gasteiger charge is -2.06. The second kappa shape index (κ2) is 6.58. The second-order valence-corrected chi connectivity index (χ2v) is 5.14. The maximum Gasteiger partial charge on any atom is 0.343 e. The third-order valence-electron chi connectivity index (χ3n) is 3.65. The highest BCUT2D eigenvalue weighted by atomic mass is 16.5. The topological polar surface area (TPSA) is 65.7 Å². The van der Waals surface area contributed by atoms with Gasteiger partial charge in [-0.2, -0.15) is 0 Å². The third kappa shape index (κ3) is 3.01. The van der Waals surface area contributed by atoms with Gasteiger partial charge in [-0.3, -0.25) is 0 Å². The molecule has 0 radical (unpaired) electrons. The Labute approximate surface area is 138 Å². The zero-order valence-electron chi connectivity index (χ0n) is 13.4. The lowest BCUT2D eigenvalue weighted by Crippen LogP contribution is -2.04. The fourth-order valence-electron chi connectivity index (χ4n) is 2.50. The summed E-state index contributed by atoms with van der Waals surface area (Å²) in [6.45, 7) is 2.00. The molecule has 2 aromatic carbocycles. The Kier molecular flexibility index (Phi) is 4.33. The van der Waals surface area contributed by atoms with Gasteiger partial charge in [-0.05, 0) is 48.0 Å². The first-order valence-electron chi connectivity index (χ1n) is 7.52. The maximum absolute atomic E-state index is 12.1. The predicted molar refractivity (Wildman–Crippen MR) is 92.2 cm³/mol. The average molecular weight is 324 g/mol. The van der Waals surface area contributed by atoms with Gasteiger partial charge in [-0.25, -0.2) is 9.59 Å². The van der Waals surface area contributed by atoms with E-state index in [0.29, 0.717) is 11.3 Å². The molecular formula is C19H16O5. The second-order valence-electron chi connectivity index (χ2n) is 5.14. The van der Waals surface area contributed by atoms with Crippen LogP contribution < -0.4 is 10.4 Å². The lowest BCUT2D eigenvalue weighted by molar-refractivity contribution is -0.137. The molecule has 0 aliphatic heterocycles. The van der Waals surface area contributed by atoms with Crippen molar-refractivity contribution in [2.45, 2.75) is 6.92 Å². The molecule has 0 fully saturated rings. The molecule has 0 saturated carbocycles. The van der Waals surface area contributed by atoms with Crippen LogP contribution >= 0.6 is 0 Å². The summed E-state index contributed by atoms with van der Waals surface area (Å²) in [7, 11) is 1.60. The number of hydrogen-bond donors (Lipinski definition) is 0. The summed E-state index contributed by atoms with van der Waals surface area (Å²) in [5, 5.41) is 2.67. The van der Waals surface area contributed by atoms with Crippen LogP contribution in [0.2, 0.25) is 0 Å². The molecule has 0 amide bonds. The Morgan fingerprint density at radius 2 is 1.96 bits per heavy atom. The van der Waals surface area contributed by atoms with Crippen LogP contribution in [0.25, 0.3) is 27.8 Å². The predicted octanol–water partition coefficient (Wildman–Crippen LogP) is 3.53. The molecule has 1 aromatic heterocycles. The number of methoxy groups -OCH3 is 1. The van der Waals surface area contributed by atoms with Gasteiger partial charge < -0.3 is 13.9 Å². The molecule has 0 N–H and O–H groups in total. The quantitative estimate of drug-likeness (QED) is 0.318. The summed E-state index contributed by atoms with van der Waals surface area (Å²) in [4.78, 5) is 23.5. The molecule has 3 aromatic rings. The van der Waals surface area contributed by atoms with E-state index in [1.807, 2.05) is 24.3 Å². The summed E-state index contributed by atoms with van der Waals surface area (Å²) in [6.07, 6.45) is 2.62. The highest BCUT2D eigenvalue weighted by Crippen LogP contribution is 2.28. The van der Waals surface area contributed by atoms with Gasteiger partial charge in [-0.15, -0.1) is 0 Å². The van der Waals surface area contributed by atoms with E-state index in [4.69, 9.17) is 13.9 Å². The van der Waals surface area contributed by atoms with Crippen LogP contribution in [0.3, 0.4) is 0 Å². The van der Waals surface area contributed by atoms with Gasteiger partial charge in [0.15, 0.2) is 0 Å². The van der Waals surface area contributed by atoms with Crippen LogP contribution in [0.15, 0.2) is 51.7 Å². The standard InChI is InChI=1S/C19H16O5/c1-3-23-18(20)9-6-13-10-16-15-11-14(22-2)7-4-12(15)5-8-17(16)24-19(13)21/h4-11H,3H2,1-2H3/b9-6+. The number of rotatable bonds is 4. The molecule has 1 heterocycles. The van der Waals surface area contributed by atoms with Crippen molar-refractivity contribution in [1.29, 1.82) is 0 Å². The van der Waals surface area contributed by atoms with Crippen molar-refractivity contribution in [2.24, 2.45) is 0 Å². The molecule has 0 saturated heterocycles. The molecule has 24 heavy (non-hydrogen) atoms. The van der Waals surface area contributed by atoms with Crippen LogP contribution in [-0.4, -0.2) is 19.7 Å². The molecule has 0 atom stereocenters. The van der Waals surface area contributed by atoms with E-state index >= 15 is 0 Å². The summed E-state index contributed by atoms with van der Waals surface area (Å²) < 4.78 is 15.4. The van der Waals surface area contributed by atoms with Gasteiger partial charge in [-0.1, -0.05) is 12.1 Å². The molecule has 0 spiro atoms. The molecule has 0 aliphatic carbocycles. The molecule has 122 valence electrons. The van der Waals surface area contributed by atoms with Crippen molar-refractivity contribution in [2.75, 3.05) is 13.7 Å². The van der Waals surface area contributed by atoms with Crippen molar-refractivity contribution >= 4 is 33.8 Å². The van der Waals surface area contributed by atoms with E-state index in [0.717, 1.165) is 16.2 Å². The van der Waals surface area contributed by atoms with Gasteiger partial charge in [0.2, 0.25) is 0 Å². The number of carbonyl (C=O) groups excluding carboxylic acids is 1. The number of fused-ring (bicyclic) bond motifs is 3. The van der Waals surface area contributed by atoms with Gasteiger partial charge in [0.05, 0.1) is 19.3 Å². The highest BCUT2D eigenvalue weighted by molar-refractivity contribution is 6.06. The summed E-state index contributed by atoms with van der Waals surface area (Å²) >= 11 is 0. The van der Waals surface area contributed by atoms with Gasteiger partial charge in [0, 0.05) is 11.5 Å². The minimum Gasteiger partial charge on any atom is -0.497 e. The first kappa shape index (κ1) is 15.8. The Bertz CT molecular complexity index is 998. The summed E-state index contributed by atoms with van der Waals surface area (Å²) in [5.74, 6) is 0.210. The number of benzene rings is 2. The third-order valence-corrected chi connectivity index (χ3v) is 3.65. The van der Waals surface area contributed by atoms with Crippen molar-refractivity contribution in [3.05, 3.63) is 58.5 Å². The van der Waals surface area contributed by atoms with Crippen LogP contribution in [-0.2, 0) is 9.53 Å². The van der Waals surface area contributed by atoms with Gasteiger partial charge >= 0.3 is 11.6 Å². The molecule has 0 aliphatic rings. The first-order chi connectivity index (χ1) is 11.6. The van der Waals surface area contributed by atoms with E-state index in [9.17, 15) is 9.59 Å². The largest absolute Gasteiger partial charge is 0.497 e. The Morgan fingerprint density at radius 1 is 1.17 bits per heavy atom. The number of hydrogen-bond acceptors (Lipinski definition) is 5. The van der Waals surface area contributed by atoms with Crippen molar-refractivity contribution < 1.29 is 18.7 Å². The van der Waals surface area contributed by atoms with Crippen LogP contribution in [0, 0.1) is 0 Å². The van der Waals surface area contributed by atoms with Crippen LogP contribution in [0.5, 0.6) is 5.75 Å². The maximum atomic E-state index is 12.1. The molecule has 0 bridgehead atoms. The Morgan fingerprint density at radius 3 is 2.71 bits per heavy atom. The van der Waals surface area contributed by atoms with Crippen LogP contribution in [0.4, 0.5) is 0 Å². The molecule has 0 unspecified atom stereocenters. The minimum absolute atomic E-state index is 0.278. The average Bonchev–Trinajstić information content (AvgIpc) is 2.59. The van der Waals surface area contributed by atoms with E-state index in [-0.39, 0.29) is 12.2 Å². The summed E-state index contributed by atoms with van der Waals surface area (Å²) in [6, 6.07) is 11.0. The zero-order valence-corrected chi connectivity index (χ0v) is 13.4. The summed E-state index contributed by atoms with van der Waals surface area (Å²) in [5.41, 5.74) is 0.255. The van der Waals surface area contributed by atoms with Crippen molar-refractivity contribution in [1.82, 2.24) is 0 Å². The van der Waals surface area contributed by atoms with E-state index in [1.165, 1.54) is 12.2 Å². The van der Waals surface area contributed by atoms with Gasteiger partial charge in [0.1, 0.15) is 11.3 Å².